The Labute approximate surface area is 113 Å². The summed E-state index contributed by atoms with van der Waals surface area (Å²) in [5.74, 6) is 0.962. The molecule has 2 aromatic rings. The number of hydrogen-bond donors (Lipinski definition) is 0. The molecular weight excluding hydrogens is 240 g/mol. The van der Waals surface area contributed by atoms with Crippen molar-refractivity contribution >= 4 is 11.8 Å². The molecule has 0 N–H and O–H groups in total. The van der Waals surface area contributed by atoms with Crippen molar-refractivity contribution in [1.82, 2.24) is 0 Å². The van der Waals surface area contributed by atoms with E-state index in [1.807, 2.05) is 18.2 Å². The minimum Gasteiger partial charge on any atom is -0.494 e. The summed E-state index contributed by atoms with van der Waals surface area (Å²) in [6, 6.07) is 18.7. The molecule has 0 atom stereocenters. The largest absolute Gasteiger partial charge is 0.494 e. The van der Waals surface area contributed by atoms with Gasteiger partial charge < -0.3 is 4.74 Å². The Hall–Kier alpha value is -1.41. The molecule has 0 heterocycles. The number of benzene rings is 2. The highest BCUT2D eigenvalue weighted by atomic mass is 32.2. The van der Waals surface area contributed by atoms with Crippen LogP contribution in [0.4, 0.5) is 0 Å². The fraction of sp³-hybridized carbons (Fsp3) is 0.250. The van der Waals surface area contributed by atoms with Crippen molar-refractivity contribution in [2.75, 3.05) is 6.61 Å². The standard InChI is InChI=1S/C16H18OS/c1-2-3-12-17-14-8-7-11-16(13-14)18-15-9-5-4-6-10-15/h4-11,13H,2-3,12H2,1H3. The summed E-state index contributed by atoms with van der Waals surface area (Å²) in [5, 5.41) is 0. The van der Waals surface area contributed by atoms with Gasteiger partial charge in [-0.25, -0.2) is 0 Å². The topological polar surface area (TPSA) is 9.23 Å². The third kappa shape index (κ3) is 4.11. The fourth-order valence-electron chi connectivity index (χ4n) is 1.59. The minimum atomic E-state index is 0.802. The van der Waals surface area contributed by atoms with E-state index in [0.29, 0.717) is 0 Å². The summed E-state index contributed by atoms with van der Waals surface area (Å²) in [6.45, 7) is 2.97. The molecule has 0 aliphatic rings. The summed E-state index contributed by atoms with van der Waals surface area (Å²) in [7, 11) is 0. The Balaban J connectivity index is 1.99. The molecule has 2 aromatic carbocycles. The average molecular weight is 258 g/mol. The van der Waals surface area contributed by atoms with Gasteiger partial charge in [0, 0.05) is 9.79 Å². The number of rotatable bonds is 6. The third-order valence-electron chi connectivity index (χ3n) is 2.55. The lowest BCUT2D eigenvalue weighted by atomic mass is 10.3. The van der Waals surface area contributed by atoms with Crippen LogP contribution in [0.1, 0.15) is 19.8 Å². The van der Waals surface area contributed by atoms with E-state index in [2.05, 4.69) is 43.3 Å². The molecule has 0 aliphatic heterocycles. The molecule has 0 fully saturated rings. The first-order valence-corrected chi connectivity index (χ1v) is 7.16. The van der Waals surface area contributed by atoms with Crippen molar-refractivity contribution in [1.29, 1.82) is 0 Å². The number of ether oxygens (including phenoxy) is 1. The highest BCUT2D eigenvalue weighted by molar-refractivity contribution is 7.99. The Morgan fingerprint density at radius 1 is 0.944 bits per heavy atom. The predicted molar refractivity (Wildman–Crippen MR) is 77.4 cm³/mol. The molecular formula is C16H18OS. The summed E-state index contributed by atoms with van der Waals surface area (Å²) in [4.78, 5) is 2.47. The lowest BCUT2D eigenvalue weighted by Crippen LogP contribution is -1.95. The van der Waals surface area contributed by atoms with Gasteiger partial charge in [0.25, 0.3) is 0 Å². The molecule has 0 saturated heterocycles. The highest BCUT2D eigenvalue weighted by Gasteiger charge is 1.99. The monoisotopic (exact) mass is 258 g/mol. The summed E-state index contributed by atoms with van der Waals surface area (Å²) in [5.41, 5.74) is 0. The van der Waals surface area contributed by atoms with E-state index >= 15 is 0 Å². The molecule has 18 heavy (non-hydrogen) atoms. The van der Waals surface area contributed by atoms with Gasteiger partial charge in [0.2, 0.25) is 0 Å². The maximum atomic E-state index is 5.71. The lowest BCUT2D eigenvalue weighted by molar-refractivity contribution is 0.308. The molecule has 0 amide bonds. The van der Waals surface area contributed by atoms with Crippen molar-refractivity contribution in [3.8, 4) is 5.75 Å². The molecule has 2 rings (SSSR count). The minimum absolute atomic E-state index is 0.802. The molecule has 1 nitrogen and oxygen atoms in total. The van der Waals surface area contributed by atoms with Crippen LogP contribution >= 0.6 is 11.8 Å². The van der Waals surface area contributed by atoms with E-state index in [1.165, 1.54) is 16.2 Å². The van der Waals surface area contributed by atoms with E-state index in [4.69, 9.17) is 4.74 Å². The maximum absolute atomic E-state index is 5.71. The quantitative estimate of drug-likeness (QED) is 0.673. The zero-order valence-electron chi connectivity index (χ0n) is 10.6. The molecule has 94 valence electrons. The molecule has 0 bridgehead atoms. The van der Waals surface area contributed by atoms with Crippen molar-refractivity contribution in [2.45, 2.75) is 29.6 Å². The number of unbranched alkanes of at least 4 members (excludes halogenated alkanes) is 1. The summed E-state index contributed by atoms with van der Waals surface area (Å²) < 4.78 is 5.71. The predicted octanol–water partition coefficient (Wildman–Crippen LogP) is 5.02. The number of hydrogen-bond acceptors (Lipinski definition) is 2. The fourth-order valence-corrected chi connectivity index (χ4v) is 2.47. The first-order valence-electron chi connectivity index (χ1n) is 6.34. The van der Waals surface area contributed by atoms with E-state index in [0.717, 1.165) is 18.8 Å². The van der Waals surface area contributed by atoms with Gasteiger partial charge in [-0.3, -0.25) is 0 Å². The van der Waals surface area contributed by atoms with Crippen LogP contribution in [0.2, 0.25) is 0 Å². The van der Waals surface area contributed by atoms with Crippen LogP contribution in [-0.4, -0.2) is 6.61 Å². The Morgan fingerprint density at radius 2 is 1.72 bits per heavy atom. The first-order chi connectivity index (χ1) is 8.88. The van der Waals surface area contributed by atoms with Crippen LogP contribution in [0.25, 0.3) is 0 Å². The van der Waals surface area contributed by atoms with Gasteiger partial charge in [0.1, 0.15) is 5.75 Å². The van der Waals surface area contributed by atoms with Crippen LogP contribution in [0.3, 0.4) is 0 Å². The first kappa shape index (κ1) is 13.0. The van der Waals surface area contributed by atoms with Gasteiger partial charge in [-0.05, 0) is 36.8 Å². The van der Waals surface area contributed by atoms with Gasteiger partial charge in [0.05, 0.1) is 6.61 Å². The second-order valence-corrected chi connectivity index (χ2v) is 5.24. The molecule has 0 saturated carbocycles. The van der Waals surface area contributed by atoms with Gasteiger partial charge in [-0.2, -0.15) is 0 Å². The highest BCUT2D eigenvalue weighted by Crippen LogP contribution is 2.29. The van der Waals surface area contributed by atoms with E-state index in [1.54, 1.807) is 11.8 Å². The van der Waals surface area contributed by atoms with Gasteiger partial charge in [0.15, 0.2) is 0 Å². The van der Waals surface area contributed by atoms with E-state index in [9.17, 15) is 0 Å². The summed E-state index contributed by atoms with van der Waals surface area (Å²) >= 11 is 1.76. The van der Waals surface area contributed by atoms with Crippen molar-refractivity contribution < 1.29 is 4.74 Å². The normalized spacial score (nSPS) is 10.3. The van der Waals surface area contributed by atoms with Crippen molar-refractivity contribution in [3.05, 3.63) is 54.6 Å². The van der Waals surface area contributed by atoms with Crippen LogP contribution in [-0.2, 0) is 0 Å². The molecule has 0 radical (unpaired) electrons. The van der Waals surface area contributed by atoms with Crippen LogP contribution in [0.15, 0.2) is 64.4 Å². The van der Waals surface area contributed by atoms with E-state index < -0.39 is 0 Å². The molecule has 0 aromatic heterocycles. The van der Waals surface area contributed by atoms with Crippen molar-refractivity contribution in [2.24, 2.45) is 0 Å². The second-order valence-electron chi connectivity index (χ2n) is 4.09. The van der Waals surface area contributed by atoms with E-state index in [-0.39, 0.29) is 0 Å². The second kappa shape index (κ2) is 7.12. The Morgan fingerprint density at radius 3 is 2.50 bits per heavy atom. The molecule has 2 heteroatoms. The molecule has 0 unspecified atom stereocenters. The summed E-state index contributed by atoms with van der Waals surface area (Å²) in [6.07, 6.45) is 2.27. The third-order valence-corrected chi connectivity index (χ3v) is 3.55. The molecule has 0 spiro atoms. The van der Waals surface area contributed by atoms with Crippen LogP contribution in [0, 0.1) is 0 Å². The van der Waals surface area contributed by atoms with Gasteiger partial charge in [-0.1, -0.05) is 49.4 Å². The average Bonchev–Trinajstić information content (AvgIpc) is 2.41. The van der Waals surface area contributed by atoms with Crippen LogP contribution in [0.5, 0.6) is 5.75 Å². The van der Waals surface area contributed by atoms with Gasteiger partial charge >= 0.3 is 0 Å². The van der Waals surface area contributed by atoms with Gasteiger partial charge in [-0.15, -0.1) is 0 Å². The smallest absolute Gasteiger partial charge is 0.120 e. The van der Waals surface area contributed by atoms with Crippen molar-refractivity contribution in [3.63, 3.8) is 0 Å². The SMILES string of the molecule is CCCCOc1cccc(Sc2ccccc2)c1. The zero-order valence-corrected chi connectivity index (χ0v) is 11.5. The maximum Gasteiger partial charge on any atom is 0.120 e. The Bertz CT molecular complexity index is 468. The lowest BCUT2D eigenvalue weighted by Gasteiger charge is -2.07. The molecule has 0 aliphatic carbocycles. The Kier molecular flexibility index (Phi) is 5.15. The zero-order chi connectivity index (χ0) is 12.6. The van der Waals surface area contributed by atoms with Crippen LogP contribution < -0.4 is 4.74 Å².